The fourth-order valence-corrected chi connectivity index (χ4v) is 5.79. The zero-order chi connectivity index (χ0) is 20.4. The summed E-state index contributed by atoms with van der Waals surface area (Å²) in [7, 11) is 2.15. The van der Waals surface area contributed by atoms with Gasteiger partial charge in [0.15, 0.2) is 6.20 Å². The summed E-state index contributed by atoms with van der Waals surface area (Å²) in [5.74, 6) is 2.84. The highest BCUT2D eigenvalue weighted by Gasteiger charge is 2.31. The summed E-state index contributed by atoms with van der Waals surface area (Å²) < 4.78 is 8.90. The summed E-state index contributed by atoms with van der Waals surface area (Å²) in [4.78, 5) is 0. The van der Waals surface area contributed by atoms with Crippen molar-refractivity contribution in [1.82, 2.24) is 0 Å². The van der Waals surface area contributed by atoms with Crippen molar-refractivity contribution in [3.05, 3.63) is 65.4 Å². The molecule has 1 fully saturated rings. The van der Waals surface area contributed by atoms with E-state index in [1.165, 1.54) is 81.6 Å². The van der Waals surface area contributed by atoms with Gasteiger partial charge in [0.05, 0.1) is 10.9 Å². The highest BCUT2D eigenvalue weighted by molar-refractivity contribution is 6.05. The van der Waals surface area contributed by atoms with Crippen LogP contribution in [-0.2, 0) is 13.5 Å². The molecule has 3 aromatic carbocycles. The van der Waals surface area contributed by atoms with E-state index in [0.29, 0.717) is 0 Å². The Morgan fingerprint density at radius 2 is 1.80 bits per heavy atom. The Morgan fingerprint density at radius 3 is 2.63 bits per heavy atom. The molecule has 1 saturated carbocycles. The van der Waals surface area contributed by atoms with Crippen molar-refractivity contribution < 1.29 is 9.30 Å². The number of hydrogen-bond donors (Lipinski definition) is 0. The molecular formula is C28H28NO+. The van der Waals surface area contributed by atoms with Crippen LogP contribution in [0.5, 0.6) is 11.5 Å². The van der Waals surface area contributed by atoms with E-state index >= 15 is 0 Å². The Labute approximate surface area is 178 Å². The van der Waals surface area contributed by atoms with Crippen molar-refractivity contribution in [2.45, 2.75) is 46.0 Å². The maximum atomic E-state index is 6.64. The maximum absolute atomic E-state index is 6.64. The van der Waals surface area contributed by atoms with Crippen molar-refractivity contribution in [3.63, 3.8) is 0 Å². The molecule has 0 N–H and O–H groups in total. The van der Waals surface area contributed by atoms with Crippen molar-refractivity contribution in [1.29, 1.82) is 0 Å². The standard InChI is InChI=1S/C28H28NO/c1-17-7-6-10-22-18(2)26-25(16-23(17)22)30-24-15-20(13-19-8-4-5-9-19)14-21-11-12-29(3)28(26)27(21)24/h6-7,10-12,14-16,19H,4-5,8-9,13H2,1-3H3/q+1. The summed E-state index contributed by atoms with van der Waals surface area (Å²) in [6.45, 7) is 4.42. The molecule has 2 aliphatic rings. The van der Waals surface area contributed by atoms with Crippen LogP contribution in [0.15, 0.2) is 48.7 Å². The predicted octanol–water partition coefficient (Wildman–Crippen LogP) is 6.94. The van der Waals surface area contributed by atoms with Gasteiger partial charge in [0.2, 0.25) is 5.69 Å². The first kappa shape index (κ1) is 17.9. The van der Waals surface area contributed by atoms with Gasteiger partial charge in [-0.15, -0.1) is 0 Å². The summed E-state index contributed by atoms with van der Waals surface area (Å²) in [5.41, 5.74) is 6.52. The molecule has 2 heteroatoms. The molecule has 0 amide bonds. The van der Waals surface area contributed by atoms with Gasteiger partial charge in [0.25, 0.3) is 0 Å². The predicted molar refractivity (Wildman–Crippen MR) is 123 cm³/mol. The SMILES string of the molecule is Cc1cccc2c(C)c3c(cc12)Oc1cc(CC2CCCC2)cc2cc[n+](C)c-3c12. The molecule has 2 heterocycles. The Bertz CT molecular complexity index is 1330. The summed E-state index contributed by atoms with van der Waals surface area (Å²) >= 11 is 0. The number of benzene rings is 3. The second kappa shape index (κ2) is 6.57. The minimum atomic E-state index is 0.832. The van der Waals surface area contributed by atoms with E-state index in [9.17, 15) is 0 Å². The molecule has 150 valence electrons. The fraction of sp³-hybridized carbons (Fsp3) is 0.321. The van der Waals surface area contributed by atoms with Crippen LogP contribution in [0, 0.1) is 19.8 Å². The van der Waals surface area contributed by atoms with E-state index in [2.05, 4.69) is 74.1 Å². The van der Waals surface area contributed by atoms with Crippen molar-refractivity contribution in [2.75, 3.05) is 0 Å². The Hall–Kier alpha value is -2.87. The van der Waals surface area contributed by atoms with Crippen LogP contribution < -0.4 is 9.30 Å². The summed E-state index contributed by atoms with van der Waals surface area (Å²) in [6, 6.07) is 15.8. The lowest BCUT2D eigenvalue weighted by Gasteiger charge is -2.23. The number of fused-ring (bicyclic) bond motifs is 3. The zero-order valence-corrected chi connectivity index (χ0v) is 18.1. The first-order valence-electron chi connectivity index (χ1n) is 11.3. The Kier molecular flexibility index (Phi) is 3.93. The van der Waals surface area contributed by atoms with Gasteiger partial charge in [0.1, 0.15) is 18.5 Å². The van der Waals surface area contributed by atoms with Gasteiger partial charge < -0.3 is 4.74 Å². The van der Waals surface area contributed by atoms with Gasteiger partial charge in [-0.3, -0.25) is 0 Å². The molecule has 6 rings (SSSR count). The molecule has 0 unspecified atom stereocenters. The van der Waals surface area contributed by atoms with Crippen LogP contribution >= 0.6 is 0 Å². The lowest BCUT2D eigenvalue weighted by molar-refractivity contribution is -0.659. The fourth-order valence-electron chi connectivity index (χ4n) is 5.79. The third kappa shape index (κ3) is 2.59. The van der Waals surface area contributed by atoms with Gasteiger partial charge in [-0.05, 0) is 71.2 Å². The molecule has 0 saturated heterocycles. The van der Waals surface area contributed by atoms with E-state index in [4.69, 9.17) is 4.74 Å². The number of nitrogens with zero attached hydrogens (tertiary/aromatic N) is 1. The number of ether oxygens (including phenoxy) is 1. The molecule has 30 heavy (non-hydrogen) atoms. The first-order valence-corrected chi connectivity index (χ1v) is 11.3. The number of rotatable bonds is 2. The lowest BCUT2D eigenvalue weighted by atomic mass is 9.89. The minimum Gasteiger partial charge on any atom is -0.456 e. The summed E-state index contributed by atoms with van der Waals surface area (Å²) in [6.07, 6.45) is 8.90. The monoisotopic (exact) mass is 394 g/mol. The average Bonchev–Trinajstić information content (AvgIpc) is 3.24. The van der Waals surface area contributed by atoms with Gasteiger partial charge in [-0.25, -0.2) is 4.57 Å². The van der Waals surface area contributed by atoms with Gasteiger partial charge in [-0.1, -0.05) is 49.9 Å². The van der Waals surface area contributed by atoms with E-state index in [1.54, 1.807) is 0 Å². The van der Waals surface area contributed by atoms with Crippen molar-refractivity contribution in [2.24, 2.45) is 13.0 Å². The zero-order valence-electron chi connectivity index (χ0n) is 18.1. The van der Waals surface area contributed by atoms with Gasteiger partial charge in [0, 0.05) is 6.07 Å². The van der Waals surface area contributed by atoms with Gasteiger partial charge in [-0.2, -0.15) is 0 Å². The van der Waals surface area contributed by atoms with E-state index in [-0.39, 0.29) is 0 Å². The Balaban J connectivity index is 1.62. The van der Waals surface area contributed by atoms with Crippen LogP contribution in [-0.4, -0.2) is 0 Å². The first-order chi connectivity index (χ1) is 14.6. The summed E-state index contributed by atoms with van der Waals surface area (Å²) in [5, 5.41) is 5.14. The Morgan fingerprint density at radius 1 is 0.967 bits per heavy atom. The number of aryl methyl sites for hydroxylation is 3. The van der Waals surface area contributed by atoms with Crippen LogP contribution in [0.2, 0.25) is 0 Å². The van der Waals surface area contributed by atoms with E-state index in [0.717, 1.165) is 17.4 Å². The van der Waals surface area contributed by atoms with Crippen LogP contribution in [0.1, 0.15) is 42.4 Å². The molecule has 2 nitrogen and oxygen atoms in total. The smallest absolute Gasteiger partial charge is 0.228 e. The molecule has 0 atom stereocenters. The largest absolute Gasteiger partial charge is 0.456 e. The number of aromatic nitrogens is 1. The number of hydrogen-bond acceptors (Lipinski definition) is 1. The molecule has 1 aromatic heterocycles. The highest BCUT2D eigenvalue weighted by atomic mass is 16.5. The number of pyridine rings is 1. The minimum absolute atomic E-state index is 0.832. The molecule has 0 spiro atoms. The topological polar surface area (TPSA) is 13.1 Å². The molecule has 0 radical (unpaired) electrons. The second-order valence-corrected chi connectivity index (χ2v) is 9.33. The third-order valence-corrected chi connectivity index (χ3v) is 7.34. The second-order valence-electron chi connectivity index (χ2n) is 9.33. The highest BCUT2D eigenvalue weighted by Crippen LogP contribution is 2.49. The third-order valence-electron chi connectivity index (χ3n) is 7.34. The van der Waals surface area contributed by atoms with Gasteiger partial charge >= 0.3 is 0 Å². The average molecular weight is 395 g/mol. The van der Waals surface area contributed by atoms with Crippen LogP contribution in [0.3, 0.4) is 0 Å². The van der Waals surface area contributed by atoms with Crippen LogP contribution in [0.25, 0.3) is 32.8 Å². The van der Waals surface area contributed by atoms with Crippen molar-refractivity contribution in [3.8, 4) is 22.8 Å². The normalized spacial score (nSPS) is 15.6. The van der Waals surface area contributed by atoms with E-state index < -0.39 is 0 Å². The maximum Gasteiger partial charge on any atom is 0.228 e. The van der Waals surface area contributed by atoms with Crippen molar-refractivity contribution >= 4 is 21.5 Å². The molecular weight excluding hydrogens is 366 g/mol. The van der Waals surface area contributed by atoms with E-state index in [1.807, 2.05) is 0 Å². The lowest BCUT2D eigenvalue weighted by Crippen LogP contribution is -2.31. The quantitative estimate of drug-likeness (QED) is 0.296. The molecule has 4 aromatic rings. The molecule has 0 bridgehead atoms. The van der Waals surface area contributed by atoms with Crippen LogP contribution in [0.4, 0.5) is 0 Å². The molecule has 1 aliphatic heterocycles. The molecule has 1 aliphatic carbocycles.